The van der Waals surface area contributed by atoms with Crippen molar-refractivity contribution < 1.29 is 19.1 Å². The van der Waals surface area contributed by atoms with Gasteiger partial charge in [0.25, 0.3) is 6.01 Å². The molecule has 0 amide bonds. The lowest BCUT2D eigenvalue weighted by atomic mass is 9.93. The van der Waals surface area contributed by atoms with E-state index in [2.05, 4.69) is 10.3 Å². The van der Waals surface area contributed by atoms with Crippen molar-refractivity contribution in [2.75, 3.05) is 18.5 Å². The lowest BCUT2D eigenvalue weighted by Crippen LogP contribution is -2.31. The minimum atomic E-state index is -1.08. The number of nitrogens with zero attached hydrogens (tertiary/aromatic N) is 1. The maximum absolute atomic E-state index is 10.6. The average molecular weight is 240 g/mol. The maximum atomic E-state index is 10.6. The molecule has 1 atom stereocenters. The Morgan fingerprint density at radius 1 is 1.59 bits per heavy atom. The van der Waals surface area contributed by atoms with Gasteiger partial charge < -0.3 is 19.6 Å². The maximum Gasteiger partial charge on any atom is 0.357 e. The van der Waals surface area contributed by atoms with Crippen LogP contribution >= 0.6 is 0 Å². The molecule has 1 aromatic heterocycles. The summed E-state index contributed by atoms with van der Waals surface area (Å²) in [5, 5.41) is 11.8. The van der Waals surface area contributed by atoms with E-state index in [1.54, 1.807) is 0 Å². The molecule has 0 saturated carbocycles. The normalized spacial score (nSPS) is 18.9. The zero-order chi connectivity index (χ0) is 12.3. The number of carbonyl (C=O) groups is 1. The summed E-state index contributed by atoms with van der Waals surface area (Å²) in [6.45, 7) is 3.60. The molecule has 6 heteroatoms. The number of carboxylic acid groups (broad SMARTS) is 1. The number of rotatable bonds is 4. The first-order chi connectivity index (χ1) is 8.16. The molecule has 1 aromatic rings. The van der Waals surface area contributed by atoms with Crippen LogP contribution in [0.1, 0.15) is 30.3 Å². The van der Waals surface area contributed by atoms with Crippen LogP contribution in [0.3, 0.4) is 0 Å². The van der Waals surface area contributed by atoms with Gasteiger partial charge in [-0.1, -0.05) is 0 Å². The topological polar surface area (TPSA) is 84.6 Å². The fourth-order valence-corrected chi connectivity index (χ4v) is 1.97. The molecule has 0 aromatic carbocycles. The third-order valence-corrected chi connectivity index (χ3v) is 3.05. The van der Waals surface area contributed by atoms with Crippen molar-refractivity contribution in [2.24, 2.45) is 5.92 Å². The van der Waals surface area contributed by atoms with E-state index in [0.29, 0.717) is 5.92 Å². The van der Waals surface area contributed by atoms with Crippen molar-refractivity contribution >= 4 is 12.0 Å². The summed E-state index contributed by atoms with van der Waals surface area (Å²) in [6, 6.07) is 0.459. The number of nitrogens with one attached hydrogen (secondary N) is 1. The van der Waals surface area contributed by atoms with Gasteiger partial charge in [-0.05, 0) is 25.7 Å². The van der Waals surface area contributed by atoms with E-state index in [1.165, 1.54) is 0 Å². The Kier molecular flexibility index (Phi) is 3.63. The van der Waals surface area contributed by atoms with E-state index in [1.807, 2.05) is 6.92 Å². The number of ether oxygens (including phenoxy) is 1. The standard InChI is InChI=1S/C11H16N2O4/c1-7(8-2-4-16-5-3-8)12-11-13-9(6-17-11)10(14)15/h6-8H,2-5H2,1H3,(H,12,13)(H,14,15). The highest BCUT2D eigenvalue weighted by molar-refractivity contribution is 5.85. The summed E-state index contributed by atoms with van der Waals surface area (Å²) < 4.78 is 10.3. The van der Waals surface area contributed by atoms with Gasteiger partial charge in [0.1, 0.15) is 6.26 Å². The third kappa shape index (κ3) is 2.97. The van der Waals surface area contributed by atoms with Gasteiger partial charge in [-0.3, -0.25) is 0 Å². The van der Waals surface area contributed by atoms with Gasteiger partial charge >= 0.3 is 5.97 Å². The second kappa shape index (κ2) is 5.18. The second-order valence-corrected chi connectivity index (χ2v) is 4.23. The van der Waals surface area contributed by atoms with Crippen molar-refractivity contribution in [3.05, 3.63) is 12.0 Å². The minimum Gasteiger partial charge on any atom is -0.476 e. The first kappa shape index (κ1) is 11.9. The van der Waals surface area contributed by atoms with Gasteiger partial charge in [-0.2, -0.15) is 4.98 Å². The number of anilines is 1. The summed E-state index contributed by atoms with van der Waals surface area (Å²) >= 11 is 0. The molecule has 1 aliphatic rings. The van der Waals surface area contributed by atoms with Crippen LogP contribution in [0.15, 0.2) is 10.7 Å². The fourth-order valence-electron chi connectivity index (χ4n) is 1.97. The number of hydrogen-bond acceptors (Lipinski definition) is 5. The molecule has 1 fully saturated rings. The smallest absolute Gasteiger partial charge is 0.357 e. The Morgan fingerprint density at radius 3 is 2.88 bits per heavy atom. The molecule has 1 aliphatic heterocycles. The molecule has 2 rings (SSSR count). The van der Waals surface area contributed by atoms with E-state index in [4.69, 9.17) is 14.3 Å². The van der Waals surface area contributed by atoms with Gasteiger partial charge in [0.2, 0.25) is 0 Å². The molecule has 0 spiro atoms. The van der Waals surface area contributed by atoms with Crippen LogP contribution in [-0.2, 0) is 4.74 Å². The van der Waals surface area contributed by atoms with E-state index in [9.17, 15) is 4.79 Å². The third-order valence-electron chi connectivity index (χ3n) is 3.05. The SMILES string of the molecule is CC(Nc1nc(C(=O)O)co1)C1CCOCC1. The Bertz CT molecular complexity index is 385. The number of aromatic carboxylic acids is 1. The van der Waals surface area contributed by atoms with Gasteiger partial charge in [-0.25, -0.2) is 4.79 Å². The molecule has 6 nitrogen and oxygen atoms in total. The molecule has 1 saturated heterocycles. The molecule has 17 heavy (non-hydrogen) atoms. The van der Waals surface area contributed by atoms with Crippen molar-refractivity contribution in [3.8, 4) is 0 Å². The van der Waals surface area contributed by atoms with E-state index >= 15 is 0 Å². The first-order valence-corrected chi connectivity index (χ1v) is 5.70. The summed E-state index contributed by atoms with van der Waals surface area (Å²) in [4.78, 5) is 14.5. The Morgan fingerprint density at radius 2 is 2.29 bits per heavy atom. The molecule has 2 N–H and O–H groups in total. The molecule has 2 heterocycles. The van der Waals surface area contributed by atoms with E-state index in [0.717, 1.165) is 32.3 Å². The van der Waals surface area contributed by atoms with Crippen LogP contribution in [0, 0.1) is 5.92 Å². The average Bonchev–Trinajstić information content (AvgIpc) is 2.79. The van der Waals surface area contributed by atoms with Crippen LogP contribution in [0.4, 0.5) is 6.01 Å². The molecule has 94 valence electrons. The lowest BCUT2D eigenvalue weighted by Gasteiger charge is -2.27. The van der Waals surface area contributed by atoms with Gasteiger partial charge in [0, 0.05) is 19.3 Å². The van der Waals surface area contributed by atoms with Crippen molar-refractivity contribution in [3.63, 3.8) is 0 Å². The van der Waals surface area contributed by atoms with Crippen LogP contribution < -0.4 is 5.32 Å². The Labute approximate surface area is 99.0 Å². The van der Waals surface area contributed by atoms with Gasteiger partial charge in [0.05, 0.1) is 0 Å². The molecular weight excluding hydrogens is 224 g/mol. The predicted octanol–water partition coefficient (Wildman–Crippen LogP) is 1.60. The first-order valence-electron chi connectivity index (χ1n) is 5.70. The quantitative estimate of drug-likeness (QED) is 0.831. The summed E-state index contributed by atoms with van der Waals surface area (Å²) in [6.07, 6.45) is 3.14. The van der Waals surface area contributed by atoms with Gasteiger partial charge in [0.15, 0.2) is 5.69 Å². The van der Waals surface area contributed by atoms with Crippen molar-refractivity contribution in [2.45, 2.75) is 25.8 Å². The number of oxazole rings is 1. The Balaban J connectivity index is 1.92. The zero-order valence-electron chi connectivity index (χ0n) is 9.68. The highest BCUT2D eigenvalue weighted by atomic mass is 16.5. The highest BCUT2D eigenvalue weighted by Crippen LogP contribution is 2.21. The lowest BCUT2D eigenvalue weighted by molar-refractivity contribution is 0.0620. The van der Waals surface area contributed by atoms with Crippen molar-refractivity contribution in [1.82, 2.24) is 4.98 Å². The summed E-state index contributed by atoms with van der Waals surface area (Å²) in [7, 11) is 0. The number of carboxylic acids is 1. The van der Waals surface area contributed by atoms with E-state index < -0.39 is 5.97 Å². The van der Waals surface area contributed by atoms with Gasteiger partial charge in [-0.15, -0.1) is 0 Å². The molecule has 1 unspecified atom stereocenters. The zero-order valence-corrected chi connectivity index (χ0v) is 9.68. The summed E-state index contributed by atoms with van der Waals surface area (Å²) in [5.74, 6) is -0.579. The number of aromatic nitrogens is 1. The molecular formula is C11H16N2O4. The number of hydrogen-bond donors (Lipinski definition) is 2. The van der Waals surface area contributed by atoms with Crippen LogP contribution in [0.2, 0.25) is 0 Å². The fraction of sp³-hybridized carbons (Fsp3) is 0.636. The minimum absolute atomic E-state index is 0.0772. The van der Waals surface area contributed by atoms with Crippen molar-refractivity contribution in [1.29, 1.82) is 0 Å². The molecule has 0 radical (unpaired) electrons. The monoisotopic (exact) mass is 240 g/mol. The highest BCUT2D eigenvalue weighted by Gasteiger charge is 2.22. The van der Waals surface area contributed by atoms with Crippen LogP contribution in [0.25, 0.3) is 0 Å². The summed E-state index contributed by atoms with van der Waals surface area (Å²) in [5.41, 5.74) is -0.0772. The second-order valence-electron chi connectivity index (χ2n) is 4.23. The predicted molar refractivity (Wildman–Crippen MR) is 60.1 cm³/mol. The molecule has 0 aliphatic carbocycles. The van der Waals surface area contributed by atoms with Crippen LogP contribution in [-0.4, -0.2) is 35.3 Å². The van der Waals surface area contributed by atoms with Crippen LogP contribution in [0.5, 0.6) is 0 Å². The van der Waals surface area contributed by atoms with E-state index in [-0.39, 0.29) is 17.8 Å². The Hall–Kier alpha value is -1.56. The largest absolute Gasteiger partial charge is 0.476 e. The molecule has 0 bridgehead atoms.